The predicted molar refractivity (Wildman–Crippen MR) is 110 cm³/mol. The summed E-state index contributed by atoms with van der Waals surface area (Å²) in [6.07, 6.45) is 4.82. The molecule has 0 aromatic carbocycles. The Morgan fingerprint density at radius 3 is 2.96 bits per heavy atom. The molecule has 3 nitrogen and oxygen atoms in total. The maximum Gasteiger partial charge on any atom is 0.131 e. The van der Waals surface area contributed by atoms with Crippen LogP contribution in [0.3, 0.4) is 0 Å². The van der Waals surface area contributed by atoms with Crippen LogP contribution in [0.4, 0.5) is 5.69 Å². The van der Waals surface area contributed by atoms with Crippen LogP contribution in [0.5, 0.6) is 0 Å². The Bertz CT molecular complexity index is 873. The normalized spacial score (nSPS) is 20.9. The minimum Gasteiger partial charge on any atom is -0.379 e. The lowest BCUT2D eigenvalue weighted by Crippen LogP contribution is -2.31. The molecule has 1 saturated carbocycles. The van der Waals surface area contributed by atoms with E-state index in [0.717, 1.165) is 24.2 Å². The smallest absolute Gasteiger partial charge is 0.131 e. The summed E-state index contributed by atoms with van der Waals surface area (Å²) < 4.78 is 1.20. The molecular formula is C19H22ClN3S2. The van der Waals surface area contributed by atoms with Gasteiger partial charge in [-0.15, -0.1) is 22.7 Å². The average molecular weight is 392 g/mol. The highest BCUT2D eigenvalue weighted by atomic mass is 35.5. The maximum atomic E-state index is 6.44. The fourth-order valence-electron chi connectivity index (χ4n) is 3.73. The molecule has 1 aliphatic carbocycles. The molecule has 3 aromatic heterocycles. The zero-order valence-corrected chi connectivity index (χ0v) is 16.6. The summed E-state index contributed by atoms with van der Waals surface area (Å²) in [5.41, 5.74) is 9.80. The molecule has 1 aliphatic rings. The molecule has 0 saturated heterocycles. The van der Waals surface area contributed by atoms with Crippen molar-refractivity contribution in [2.75, 3.05) is 5.32 Å². The van der Waals surface area contributed by atoms with E-state index in [1.807, 2.05) is 17.4 Å². The van der Waals surface area contributed by atoms with Crippen molar-refractivity contribution in [3.8, 4) is 0 Å². The Balaban J connectivity index is 1.72. The fraction of sp³-hybridized carbons (Fsp3) is 0.421. The lowest BCUT2D eigenvalue weighted by Gasteiger charge is -2.28. The van der Waals surface area contributed by atoms with Crippen LogP contribution in [-0.2, 0) is 6.54 Å². The Kier molecular flexibility index (Phi) is 5.00. The molecule has 0 radical (unpaired) electrons. The standard InChI is InChI=1S/C19H22ClN3S2/c1-11-17-19(25-18(11)13-6-2-3-7-14(13)21)15(9-16(20)23-17)22-10-12-5-4-8-24-12/h4-5,8-9,13-14H,2-3,6-7,10,21H2,1H3,(H,22,23)/t13-,14+/m1/s1. The molecule has 4 rings (SSSR count). The Labute approximate surface area is 161 Å². The Hall–Kier alpha value is -1.14. The summed E-state index contributed by atoms with van der Waals surface area (Å²) in [7, 11) is 0. The third kappa shape index (κ3) is 3.43. The van der Waals surface area contributed by atoms with Gasteiger partial charge in [-0.05, 0) is 36.8 Å². The van der Waals surface area contributed by atoms with Crippen LogP contribution in [0.2, 0.25) is 5.15 Å². The molecule has 0 amide bonds. The number of nitrogens with one attached hydrogen (secondary N) is 1. The summed E-state index contributed by atoms with van der Waals surface area (Å²) >= 11 is 9.92. The highest BCUT2D eigenvalue weighted by molar-refractivity contribution is 7.20. The zero-order chi connectivity index (χ0) is 17.4. The van der Waals surface area contributed by atoms with Gasteiger partial charge in [0.1, 0.15) is 5.15 Å². The van der Waals surface area contributed by atoms with Crippen molar-refractivity contribution in [3.63, 3.8) is 0 Å². The minimum absolute atomic E-state index is 0.263. The summed E-state index contributed by atoms with van der Waals surface area (Å²) in [6.45, 7) is 2.98. The van der Waals surface area contributed by atoms with E-state index in [4.69, 9.17) is 17.3 Å². The number of fused-ring (bicyclic) bond motifs is 1. The van der Waals surface area contributed by atoms with Crippen LogP contribution in [0.1, 0.15) is 46.9 Å². The first kappa shape index (κ1) is 17.3. The van der Waals surface area contributed by atoms with Crippen LogP contribution in [0, 0.1) is 6.92 Å². The second kappa shape index (κ2) is 7.23. The van der Waals surface area contributed by atoms with Crippen molar-refractivity contribution in [1.29, 1.82) is 0 Å². The van der Waals surface area contributed by atoms with Gasteiger partial charge in [-0.1, -0.05) is 30.5 Å². The second-order valence-electron chi connectivity index (χ2n) is 6.75. The predicted octanol–water partition coefficient (Wildman–Crippen LogP) is 5.92. The first-order valence-corrected chi connectivity index (χ1v) is 10.8. The van der Waals surface area contributed by atoms with Crippen molar-refractivity contribution in [2.24, 2.45) is 5.73 Å². The van der Waals surface area contributed by atoms with Gasteiger partial charge in [0.05, 0.1) is 15.9 Å². The lowest BCUT2D eigenvalue weighted by molar-refractivity contribution is 0.389. The Morgan fingerprint density at radius 2 is 2.20 bits per heavy atom. The summed E-state index contributed by atoms with van der Waals surface area (Å²) in [6, 6.07) is 6.43. The van der Waals surface area contributed by atoms with E-state index < -0.39 is 0 Å². The maximum absolute atomic E-state index is 6.44. The molecule has 1 fully saturated rings. The van der Waals surface area contributed by atoms with E-state index in [1.165, 1.54) is 39.3 Å². The molecule has 3 aromatic rings. The third-order valence-corrected chi connectivity index (χ3v) is 7.58. The van der Waals surface area contributed by atoms with Gasteiger partial charge in [-0.2, -0.15) is 0 Å². The van der Waals surface area contributed by atoms with Gasteiger partial charge >= 0.3 is 0 Å². The van der Waals surface area contributed by atoms with Crippen molar-refractivity contribution in [3.05, 3.63) is 44.1 Å². The number of anilines is 1. The monoisotopic (exact) mass is 391 g/mol. The molecule has 3 heterocycles. The topological polar surface area (TPSA) is 50.9 Å². The number of rotatable bonds is 4. The molecule has 0 bridgehead atoms. The number of hydrogen-bond donors (Lipinski definition) is 2. The molecule has 2 atom stereocenters. The molecular weight excluding hydrogens is 370 g/mol. The van der Waals surface area contributed by atoms with Gasteiger partial charge in [0.25, 0.3) is 0 Å². The quantitative estimate of drug-likeness (QED) is 0.543. The van der Waals surface area contributed by atoms with Crippen LogP contribution >= 0.6 is 34.3 Å². The van der Waals surface area contributed by atoms with Crippen LogP contribution in [0.15, 0.2) is 23.6 Å². The highest BCUT2D eigenvalue weighted by Crippen LogP contribution is 2.43. The van der Waals surface area contributed by atoms with E-state index in [1.54, 1.807) is 11.3 Å². The van der Waals surface area contributed by atoms with Gasteiger partial charge in [-0.3, -0.25) is 0 Å². The van der Waals surface area contributed by atoms with Gasteiger partial charge in [0.15, 0.2) is 0 Å². The molecule has 0 unspecified atom stereocenters. The zero-order valence-electron chi connectivity index (χ0n) is 14.2. The number of nitrogens with two attached hydrogens (primary N) is 1. The molecule has 3 N–H and O–H groups in total. The lowest BCUT2D eigenvalue weighted by atomic mass is 9.83. The highest BCUT2D eigenvalue weighted by Gasteiger charge is 2.28. The number of aromatic nitrogens is 1. The summed E-state index contributed by atoms with van der Waals surface area (Å²) in [5, 5.41) is 6.20. The number of hydrogen-bond acceptors (Lipinski definition) is 5. The van der Waals surface area contributed by atoms with Gasteiger partial charge in [0, 0.05) is 34.3 Å². The van der Waals surface area contributed by atoms with Crippen LogP contribution < -0.4 is 11.1 Å². The Morgan fingerprint density at radius 1 is 1.36 bits per heavy atom. The molecule has 0 aliphatic heterocycles. The summed E-state index contributed by atoms with van der Waals surface area (Å²) in [4.78, 5) is 7.33. The third-order valence-electron chi connectivity index (χ3n) is 5.07. The van der Waals surface area contributed by atoms with E-state index in [0.29, 0.717) is 11.1 Å². The van der Waals surface area contributed by atoms with Crippen LogP contribution in [-0.4, -0.2) is 11.0 Å². The second-order valence-corrected chi connectivity index (χ2v) is 9.22. The first-order valence-electron chi connectivity index (χ1n) is 8.75. The number of pyridine rings is 1. The van der Waals surface area contributed by atoms with E-state index in [2.05, 4.69) is 34.7 Å². The molecule has 0 spiro atoms. The number of nitrogens with zero attached hydrogens (tertiary/aromatic N) is 1. The van der Waals surface area contributed by atoms with Crippen molar-refractivity contribution in [2.45, 2.75) is 51.1 Å². The first-order chi connectivity index (χ1) is 12.1. The molecule has 25 heavy (non-hydrogen) atoms. The van der Waals surface area contributed by atoms with E-state index in [9.17, 15) is 0 Å². The number of thiophene rings is 2. The van der Waals surface area contributed by atoms with Gasteiger partial charge < -0.3 is 11.1 Å². The van der Waals surface area contributed by atoms with Crippen molar-refractivity contribution in [1.82, 2.24) is 4.98 Å². The average Bonchev–Trinajstić information content (AvgIpc) is 3.22. The minimum atomic E-state index is 0.263. The van der Waals surface area contributed by atoms with Crippen molar-refractivity contribution >= 4 is 50.2 Å². The fourth-order valence-corrected chi connectivity index (χ4v) is 6.02. The van der Waals surface area contributed by atoms with E-state index >= 15 is 0 Å². The number of aryl methyl sites for hydroxylation is 1. The van der Waals surface area contributed by atoms with E-state index in [-0.39, 0.29) is 6.04 Å². The van der Waals surface area contributed by atoms with Gasteiger partial charge in [-0.25, -0.2) is 4.98 Å². The molecule has 132 valence electrons. The number of halogens is 1. The van der Waals surface area contributed by atoms with Crippen molar-refractivity contribution < 1.29 is 0 Å². The van der Waals surface area contributed by atoms with Gasteiger partial charge in [0.2, 0.25) is 0 Å². The summed E-state index contributed by atoms with van der Waals surface area (Å²) in [5.74, 6) is 0.455. The molecule has 6 heteroatoms. The van der Waals surface area contributed by atoms with Crippen LogP contribution in [0.25, 0.3) is 10.2 Å². The largest absolute Gasteiger partial charge is 0.379 e. The SMILES string of the molecule is Cc1c([C@@H]2CCCC[C@@H]2N)sc2c(NCc3cccs3)cc(Cl)nc12.